The van der Waals surface area contributed by atoms with E-state index in [1.807, 2.05) is 0 Å². The van der Waals surface area contributed by atoms with Crippen molar-refractivity contribution in [2.75, 3.05) is 12.4 Å². The number of hydrogen-bond donors (Lipinski definition) is 2. The summed E-state index contributed by atoms with van der Waals surface area (Å²) in [7, 11) is 0. The molecule has 0 aromatic heterocycles. The lowest BCUT2D eigenvalue weighted by Crippen LogP contribution is -2.33. The zero-order chi connectivity index (χ0) is 10.8. The molecular weight excluding hydrogens is 213 g/mol. The summed E-state index contributed by atoms with van der Waals surface area (Å²) in [6, 6.07) is 4.56. The molecule has 2 rings (SSSR count). The molecule has 2 unspecified atom stereocenters. The first-order chi connectivity index (χ1) is 7.22. The van der Waals surface area contributed by atoms with Crippen molar-refractivity contribution < 1.29 is 9.50 Å². The van der Waals surface area contributed by atoms with Crippen molar-refractivity contribution in [3.63, 3.8) is 0 Å². The van der Waals surface area contributed by atoms with Gasteiger partial charge in [-0.15, -0.1) is 11.8 Å². The highest BCUT2D eigenvalue weighted by Crippen LogP contribution is 2.38. The highest BCUT2D eigenvalue weighted by Gasteiger charge is 2.25. The fourth-order valence-corrected chi connectivity index (χ4v) is 3.14. The van der Waals surface area contributed by atoms with E-state index in [-0.39, 0.29) is 24.4 Å². The van der Waals surface area contributed by atoms with E-state index in [2.05, 4.69) is 0 Å². The van der Waals surface area contributed by atoms with Gasteiger partial charge < -0.3 is 10.8 Å². The number of thioether (sulfide) groups is 1. The molecule has 0 spiro atoms. The quantitative estimate of drug-likeness (QED) is 0.808. The Morgan fingerprint density at radius 3 is 3.13 bits per heavy atom. The highest BCUT2D eigenvalue weighted by atomic mass is 32.2. The maximum Gasteiger partial charge on any atom is 0.124 e. The third-order valence-corrected chi connectivity index (χ3v) is 3.89. The first-order valence-electron chi connectivity index (χ1n) is 5.01. The number of aliphatic hydroxyl groups excluding tert-OH is 1. The van der Waals surface area contributed by atoms with Gasteiger partial charge in [0.2, 0.25) is 0 Å². The van der Waals surface area contributed by atoms with Gasteiger partial charge in [0.15, 0.2) is 0 Å². The molecule has 0 bridgehead atoms. The fraction of sp³-hybridized carbons (Fsp3) is 0.455. The molecule has 0 saturated carbocycles. The molecule has 3 N–H and O–H groups in total. The molecule has 0 saturated heterocycles. The molecule has 0 radical (unpaired) electrons. The summed E-state index contributed by atoms with van der Waals surface area (Å²) in [4.78, 5) is 0.968. The second-order valence-electron chi connectivity index (χ2n) is 3.77. The third kappa shape index (κ3) is 2.17. The van der Waals surface area contributed by atoms with Gasteiger partial charge in [0.05, 0.1) is 6.61 Å². The van der Waals surface area contributed by atoms with E-state index in [9.17, 15) is 4.39 Å². The van der Waals surface area contributed by atoms with Crippen molar-refractivity contribution in [1.29, 1.82) is 0 Å². The molecule has 1 aromatic carbocycles. The standard InChI is InChI=1S/C11H14FNOS/c12-7-1-2-9-8(10(13)6-14)3-4-15-11(9)5-7/h1-2,5,8,10,14H,3-4,6,13H2. The van der Waals surface area contributed by atoms with Crippen LogP contribution >= 0.6 is 11.8 Å². The Labute approximate surface area is 92.7 Å². The van der Waals surface area contributed by atoms with Crippen LogP contribution in [0.4, 0.5) is 4.39 Å². The van der Waals surface area contributed by atoms with Crippen molar-refractivity contribution in [1.82, 2.24) is 0 Å². The Morgan fingerprint density at radius 1 is 1.60 bits per heavy atom. The van der Waals surface area contributed by atoms with Crippen molar-refractivity contribution >= 4 is 11.8 Å². The Hall–Kier alpha value is -0.580. The zero-order valence-corrected chi connectivity index (χ0v) is 9.14. The van der Waals surface area contributed by atoms with E-state index in [1.54, 1.807) is 23.9 Å². The minimum atomic E-state index is -0.241. The third-order valence-electron chi connectivity index (χ3n) is 2.79. The van der Waals surface area contributed by atoms with E-state index < -0.39 is 0 Å². The molecule has 1 aromatic rings. The Balaban J connectivity index is 2.34. The number of hydrogen-bond acceptors (Lipinski definition) is 3. The number of benzene rings is 1. The van der Waals surface area contributed by atoms with Crippen LogP contribution < -0.4 is 5.73 Å². The van der Waals surface area contributed by atoms with Crippen molar-refractivity contribution in [2.24, 2.45) is 5.73 Å². The van der Waals surface area contributed by atoms with Crippen LogP contribution in [0.3, 0.4) is 0 Å². The van der Waals surface area contributed by atoms with Crippen LogP contribution in [0, 0.1) is 5.82 Å². The number of aliphatic hydroxyl groups is 1. The predicted molar refractivity (Wildman–Crippen MR) is 59.5 cm³/mol. The largest absolute Gasteiger partial charge is 0.395 e. The minimum Gasteiger partial charge on any atom is -0.395 e. The molecule has 1 aliphatic heterocycles. The maximum absolute atomic E-state index is 13.0. The SMILES string of the molecule is NC(CO)C1CCSc2cc(F)ccc21. The van der Waals surface area contributed by atoms with E-state index in [0.29, 0.717) is 0 Å². The second-order valence-corrected chi connectivity index (χ2v) is 4.91. The lowest BCUT2D eigenvalue weighted by molar-refractivity contribution is 0.246. The van der Waals surface area contributed by atoms with Crippen molar-refractivity contribution in [3.8, 4) is 0 Å². The lowest BCUT2D eigenvalue weighted by atomic mass is 9.89. The second kappa shape index (κ2) is 4.51. The summed E-state index contributed by atoms with van der Waals surface area (Å²) in [5, 5.41) is 9.06. The predicted octanol–water partition coefficient (Wildman–Crippen LogP) is 1.72. The van der Waals surface area contributed by atoms with Gasteiger partial charge in [-0.25, -0.2) is 4.39 Å². The van der Waals surface area contributed by atoms with Gasteiger partial charge in [0.1, 0.15) is 5.82 Å². The Bertz CT molecular complexity index is 358. The topological polar surface area (TPSA) is 46.2 Å². The van der Waals surface area contributed by atoms with Gasteiger partial charge in [0.25, 0.3) is 0 Å². The molecule has 0 amide bonds. The fourth-order valence-electron chi connectivity index (χ4n) is 1.96. The van der Waals surface area contributed by atoms with Gasteiger partial charge in [0, 0.05) is 16.9 Å². The molecule has 2 nitrogen and oxygen atoms in total. The summed E-state index contributed by atoms with van der Waals surface area (Å²) < 4.78 is 13.0. The minimum absolute atomic E-state index is 0.0217. The average molecular weight is 227 g/mol. The smallest absolute Gasteiger partial charge is 0.124 e. The van der Waals surface area contributed by atoms with Crippen LogP contribution in [0.2, 0.25) is 0 Å². The monoisotopic (exact) mass is 227 g/mol. The maximum atomic E-state index is 13.0. The summed E-state index contributed by atoms with van der Waals surface area (Å²) in [6.45, 7) is -0.0217. The van der Waals surface area contributed by atoms with Crippen LogP contribution in [0.1, 0.15) is 17.9 Å². The van der Waals surface area contributed by atoms with Gasteiger partial charge in [-0.2, -0.15) is 0 Å². The number of rotatable bonds is 2. The molecule has 82 valence electrons. The molecule has 0 aliphatic carbocycles. The average Bonchev–Trinajstić information content (AvgIpc) is 2.26. The molecule has 15 heavy (non-hydrogen) atoms. The summed E-state index contributed by atoms with van der Waals surface area (Å²) in [5.74, 6) is 0.890. The lowest BCUT2D eigenvalue weighted by Gasteiger charge is -2.28. The van der Waals surface area contributed by atoms with Crippen molar-refractivity contribution in [2.45, 2.75) is 23.3 Å². The molecule has 2 atom stereocenters. The summed E-state index contributed by atoms with van der Waals surface area (Å²) >= 11 is 1.66. The van der Waals surface area contributed by atoms with Crippen LogP contribution in [-0.4, -0.2) is 23.5 Å². The molecule has 1 heterocycles. The highest BCUT2D eigenvalue weighted by molar-refractivity contribution is 7.99. The van der Waals surface area contributed by atoms with Gasteiger partial charge in [-0.05, 0) is 29.9 Å². The van der Waals surface area contributed by atoms with Gasteiger partial charge >= 0.3 is 0 Å². The molecule has 4 heteroatoms. The van der Waals surface area contributed by atoms with Crippen molar-refractivity contribution in [3.05, 3.63) is 29.6 Å². The van der Waals surface area contributed by atoms with E-state index in [1.165, 1.54) is 6.07 Å². The molecule has 0 fully saturated rings. The first kappa shape index (κ1) is 10.9. The van der Waals surface area contributed by atoms with Crippen LogP contribution in [0.15, 0.2) is 23.1 Å². The van der Waals surface area contributed by atoms with E-state index in [4.69, 9.17) is 10.8 Å². The van der Waals surface area contributed by atoms with Gasteiger partial charge in [-0.1, -0.05) is 6.07 Å². The van der Waals surface area contributed by atoms with E-state index >= 15 is 0 Å². The van der Waals surface area contributed by atoms with Crippen LogP contribution in [0.5, 0.6) is 0 Å². The number of nitrogens with two attached hydrogens (primary N) is 1. The zero-order valence-electron chi connectivity index (χ0n) is 8.32. The summed E-state index contributed by atoms with van der Waals surface area (Å²) in [5.41, 5.74) is 6.93. The Morgan fingerprint density at radius 2 is 2.40 bits per heavy atom. The van der Waals surface area contributed by atoms with E-state index in [0.717, 1.165) is 22.6 Å². The number of fused-ring (bicyclic) bond motifs is 1. The number of halogens is 1. The van der Waals surface area contributed by atoms with Crippen LogP contribution in [0.25, 0.3) is 0 Å². The Kier molecular flexibility index (Phi) is 3.29. The van der Waals surface area contributed by atoms with Gasteiger partial charge in [-0.3, -0.25) is 0 Å². The summed E-state index contributed by atoms with van der Waals surface area (Å²) in [6.07, 6.45) is 0.949. The van der Waals surface area contributed by atoms with Crippen LogP contribution in [-0.2, 0) is 0 Å². The molecular formula is C11H14FNOS. The molecule has 1 aliphatic rings. The first-order valence-corrected chi connectivity index (χ1v) is 5.99. The normalized spacial score (nSPS) is 22.2.